The lowest BCUT2D eigenvalue weighted by atomic mass is 9.88. The van der Waals surface area contributed by atoms with Crippen LogP contribution >= 0.6 is 23.2 Å². The maximum absolute atomic E-state index is 8.74. The summed E-state index contributed by atoms with van der Waals surface area (Å²) in [7, 11) is -4.67. The van der Waals surface area contributed by atoms with Crippen molar-refractivity contribution in [2.45, 2.75) is 55.4 Å². The number of aryl methyl sites for hydroxylation is 2. The van der Waals surface area contributed by atoms with Gasteiger partial charge in [-0.2, -0.15) is 8.42 Å². The lowest BCUT2D eigenvalue weighted by Gasteiger charge is -2.18. The smallest absolute Gasteiger partial charge is 0.385 e. The first-order chi connectivity index (χ1) is 29.1. The summed E-state index contributed by atoms with van der Waals surface area (Å²) in [6.45, 7) is 20.2. The standard InChI is InChI=1S/2C25H27ClN2.H2O4S/c2*1-5-27-23-13-11-19(15-17(23)3)25(21-9-7-8-10-22(21)26)20-12-14-24(28-6-2)18(4)16-20;1-5(2,3)4/h2*7-16,27H,5-6H2,1-4H3;(H2,1,2,3,4)/b2*25-20-,28-24?;. The molecule has 0 radical (unpaired) electrons. The minimum absolute atomic E-state index is 0.755. The van der Waals surface area contributed by atoms with E-state index in [-0.39, 0.29) is 0 Å². The Morgan fingerprint density at radius 3 is 1.23 bits per heavy atom. The summed E-state index contributed by atoms with van der Waals surface area (Å²) in [5.74, 6) is 0. The molecule has 0 saturated heterocycles. The molecule has 0 aliphatic heterocycles. The van der Waals surface area contributed by atoms with Gasteiger partial charge in [-0.1, -0.05) is 83.9 Å². The van der Waals surface area contributed by atoms with E-state index in [9.17, 15) is 0 Å². The Morgan fingerprint density at radius 2 is 0.934 bits per heavy atom. The van der Waals surface area contributed by atoms with Gasteiger partial charge in [0.1, 0.15) is 0 Å². The van der Waals surface area contributed by atoms with Crippen LogP contribution in [0.2, 0.25) is 10.0 Å². The fourth-order valence-corrected chi connectivity index (χ4v) is 7.48. The molecule has 11 heteroatoms. The number of halogens is 2. The zero-order valence-corrected chi connectivity index (χ0v) is 38.5. The van der Waals surface area contributed by atoms with E-state index in [1.807, 2.05) is 36.4 Å². The first kappa shape index (κ1) is 48.4. The predicted octanol–water partition coefficient (Wildman–Crippen LogP) is 13.1. The number of nitrogens with zero attached hydrogens (tertiary/aromatic N) is 2. The highest BCUT2D eigenvalue weighted by Gasteiger charge is 2.18. The largest absolute Gasteiger partial charge is 0.394 e. The molecule has 4 aromatic rings. The highest BCUT2D eigenvalue weighted by atomic mass is 35.5. The van der Waals surface area contributed by atoms with Crippen LogP contribution < -0.4 is 10.6 Å². The zero-order valence-electron chi connectivity index (χ0n) is 36.1. The average molecular weight is 880 g/mol. The van der Waals surface area contributed by atoms with Crippen LogP contribution in [0.1, 0.15) is 74.9 Å². The van der Waals surface area contributed by atoms with Crippen LogP contribution in [0.4, 0.5) is 11.4 Å². The van der Waals surface area contributed by atoms with Crippen molar-refractivity contribution in [2.24, 2.45) is 9.98 Å². The molecule has 2 aliphatic rings. The summed E-state index contributed by atoms with van der Waals surface area (Å²) in [6, 6.07) is 29.2. The summed E-state index contributed by atoms with van der Waals surface area (Å²) in [5, 5.41) is 8.34. The molecular weight excluding hydrogens is 824 g/mol. The minimum Gasteiger partial charge on any atom is -0.385 e. The number of nitrogens with one attached hydrogen (secondary N) is 2. The average Bonchev–Trinajstić information content (AvgIpc) is 3.20. The maximum Gasteiger partial charge on any atom is 0.394 e. The van der Waals surface area contributed by atoms with Gasteiger partial charge in [-0.25, -0.2) is 0 Å². The third-order valence-corrected chi connectivity index (χ3v) is 10.3. The second-order valence-electron chi connectivity index (χ2n) is 14.2. The molecule has 0 unspecified atom stereocenters. The van der Waals surface area contributed by atoms with E-state index >= 15 is 0 Å². The molecule has 61 heavy (non-hydrogen) atoms. The van der Waals surface area contributed by atoms with E-state index in [1.54, 1.807) is 0 Å². The Labute approximate surface area is 372 Å². The number of rotatable bonds is 10. The number of benzene rings is 4. The summed E-state index contributed by atoms with van der Waals surface area (Å²) in [5.41, 5.74) is 18.2. The Balaban J connectivity index is 0.000000242. The quantitative estimate of drug-likeness (QED) is 0.118. The molecule has 4 N–H and O–H groups in total. The molecular formula is C50H56Cl2N4O4S. The highest BCUT2D eigenvalue weighted by Crippen LogP contribution is 2.37. The fraction of sp³-hybridized carbons (Fsp3) is 0.240. The first-order valence-corrected chi connectivity index (χ1v) is 22.5. The molecule has 320 valence electrons. The van der Waals surface area contributed by atoms with Gasteiger partial charge in [-0.05, 0) is 172 Å². The minimum atomic E-state index is -4.67. The number of hydrogen-bond donors (Lipinski definition) is 4. The first-order valence-electron chi connectivity index (χ1n) is 20.3. The van der Waals surface area contributed by atoms with E-state index < -0.39 is 10.4 Å². The molecule has 0 bridgehead atoms. The molecule has 8 nitrogen and oxygen atoms in total. The third kappa shape index (κ3) is 13.9. The van der Waals surface area contributed by atoms with E-state index in [1.165, 1.54) is 22.3 Å². The lowest BCUT2D eigenvalue weighted by molar-refractivity contribution is 0.381. The molecule has 4 aromatic carbocycles. The zero-order chi connectivity index (χ0) is 44.7. The van der Waals surface area contributed by atoms with E-state index in [4.69, 9.17) is 40.7 Å². The van der Waals surface area contributed by atoms with Crippen molar-refractivity contribution in [1.82, 2.24) is 0 Å². The van der Waals surface area contributed by atoms with Gasteiger partial charge in [0.05, 0.1) is 11.4 Å². The van der Waals surface area contributed by atoms with Crippen molar-refractivity contribution in [1.29, 1.82) is 0 Å². The number of hydrogen-bond acceptors (Lipinski definition) is 6. The van der Waals surface area contributed by atoms with Crippen LogP contribution in [0.25, 0.3) is 11.1 Å². The number of allylic oxidation sites excluding steroid dienone is 10. The van der Waals surface area contributed by atoms with Gasteiger partial charge < -0.3 is 10.6 Å². The van der Waals surface area contributed by atoms with Gasteiger partial charge in [-0.15, -0.1) is 0 Å². The van der Waals surface area contributed by atoms with Crippen LogP contribution in [0.15, 0.2) is 154 Å². The van der Waals surface area contributed by atoms with Crippen molar-refractivity contribution in [3.63, 3.8) is 0 Å². The van der Waals surface area contributed by atoms with E-state index in [2.05, 4.69) is 161 Å². The molecule has 0 fully saturated rings. The Hall–Kier alpha value is -5.29. The number of anilines is 2. The highest BCUT2D eigenvalue weighted by molar-refractivity contribution is 7.79. The molecule has 6 rings (SSSR count). The van der Waals surface area contributed by atoms with Crippen molar-refractivity contribution in [3.05, 3.63) is 187 Å². The van der Waals surface area contributed by atoms with Crippen molar-refractivity contribution in [3.8, 4) is 0 Å². The van der Waals surface area contributed by atoms with Crippen LogP contribution in [0.5, 0.6) is 0 Å². The Bertz CT molecular complexity index is 2410. The SMILES string of the molecule is CCN=C1C=C/C(=C(\c2ccc(NCC)c(C)c2)c2ccccc2Cl)C=C1C.CCN=C1C=C/C(=C(\c2ccc(NCC)c(C)c2)c2ccccc2Cl)C=C1C.O=S(=O)(O)O. The van der Waals surface area contributed by atoms with Crippen LogP contribution in [0.3, 0.4) is 0 Å². The Kier molecular flexibility index (Phi) is 18.3. The van der Waals surface area contributed by atoms with Gasteiger partial charge in [0, 0.05) is 58.7 Å². The lowest BCUT2D eigenvalue weighted by Crippen LogP contribution is -2.04. The van der Waals surface area contributed by atoms with Crippen molar-refractivity contribution < 1.29 is 17.5 Å². The molecule has 2 aliphatic carbocycles. The monoisotopic (exact) mass is 878 g/mol. The third-order valence-electron chi connectivity index (χ3n) is 9.68. The van der Waals surface area contributed by atoms with Crippen molar-refractivity contribution in [2.75, 3.05) is 36.8 Å². The molecule has 0 heterocycles. The molecule has 0 atom stereocenters. The van der Waals surface area contributed by atoms with E-state index in [0.29, 0.717) is 0 Å². The number of aliphatic imine (C=N–C) groups is 2. The molecule has 0 spiro atoms. The summed E-state index contributed by atoms with van der Waals surface area (Å²) in [4.78, 5) is 9.14. The summed E-state index contributed by atoms with van der Waals surface area (Å²) >= 11 is 13.2. The van der Waals surface area contributed by atoms with Gasteiger partial charge in [0.25, 0.3) is 0 Å². The Morgan fingerprint density at radius 1 is 0.574 bits per heavy atom. The summed E-state index contributed by atoms with van der Waals surface area (Å²) in [6.07, 6.45) is 12.9. The van der Waals surface area contributed by atoms with Gasteiger partial charge in [0.2, 0.25) is 0 Å². The van der Waals surface area contributed by atoms with E-state index in [0.717, 1.165) is 104 Å². The molecule has 0 amide bonds. The summed E-state index contributed by atoms with van der Waals surface area (Å²) < 4.78 is 31.6. The molecule has 0 saturated carbocycles. The molecule has 0 aromatic heterocycles. The predicted molar refractivity (Wildman–Crippen MR) is 262 cm³/mol. The second-order valence-corrected chi connectivity index (χ2v) is 15.9. The topological polar surface area (TPSA) is 123 Å². The van der Waals surface area contributed by atoms with Crippen LogP contribution in [-0.4, -0.2) is 55.1 Å². The second kappa shape index (κ2) is 23.1. The van der Waals surface area contributed by atoms with Crippen LogP contribution in [-0.2, 0) is 10.4 Å². The maximum atomic E-state index is 8.74. The van der Waals surface area contributed by atoms with Gasteiger partial charge >= 0.3 is 10.4 Å². The fourth-order valence-electron chi connectivity index (χ4n) is 7.02. The normalized spacial score (nSPS) is 16.5. The van der Waals surface area contributed by atoms with Crippen LogP contribution in [0, 0.1) is 13.8 Å². The van der Waals surface area contributed by atoms with Crippen molar-refractivity contribution >= 4 is 67.5 Å². The van der Waals surface area contributed by atoms with Gasteiger partial charge in [0.15, 0.2) is 0 Å². The van der Waals surface area contributed by atoms with Gasteiger partial charge in [-0.3, -0.25) is 19.1 Å².